The van der Waals surface area contributed by atoms with Gasteiger partial charge in [-0.15, -0.1) is 0 Å². The Hall–Kier alpha value is -2.43. The molecule has 2 heterocycles. The number of para-hydroxylation sites is 2. The molecule has 0 radical (unpaired) electrons. The third-order valence-electron chi connectivity index (χ3n) is 2.62. The molecule has 0 atom stereocenters. The fourth-order valence-electron chi connectivity index (χ4n) is 1.81. The van der Waals surface area contributed by atoms with E-state index in [1.54, 1.807) is 17.0 Å². The summed E-state index contributed by atoms with van der Waals surface area (Å²) >= 11 is 0. The van der Waals surface area contributed by atoms with Crippen molar-refractivity contribution in [2.24, 2.45) is 0 Å². The van der Waals surface area contributed by atoms with E-state index in [4.69, 9.17) is 0 Å². The molecule has 0 aliphatic carbocycles. The smallest absolute Gasteiger partial charge is 0.305 e. The summed E-state index contributed by atoms with van der Waals surface area (Å²) in [6.45, 7) is 1.81. The van der Waals surface area contributed by atoms with Crippen LogP contribution < -0.4 is 5.69 Å². The van der Waals surface area contributed by atoms with Gasteiger partial charge >= 0.3 is 5.69 Å². The summed E-state index contributed by atoms with van der Waals surface area (Å²) in [5.41, 5.74) is 2.11. The zero-order valence-corrected chi connectivity index (χ0v) is 9.21. The number of H-pyrrole nitrogens is 1. The van der Waals surface area contributed by atoms with Gasteiger partial charge in [0.05, 0.1) is 29.1 Å². The van der Waals surface area contributed by atoms with Gasteiger partial charge < -0.3 is 4.98 Å². The van der Waals surface area contributed by atoms with Crippen LogP contribution in [-0.4, -0.2) is 19.5 Å². The molecule has 17 heavy (non-hydrogen) atoms. The Labute approximate surface area is 96.8 Å². The largest absolute Gasteiger partial charge is 0.331 e. The number of fused-ring (bicyclic) bond motifs is 1. The van der Waals surface area contributed by atoms with Crippen molar-refractivity contribution < 1.29 is 0 Å². The molecule has 84 valence electrons. The van der Waals surface area contributed by atoms with E-state index in [1.165, 1.54) is 0 Å². The Morgan fingerprint density at radius 3 is 2.65 bits per heavy atom. The van der Waals surface area contributed by atoms with Gasteiger partial charge in [-0.3, -0.25) is 4.57 Å². The maximum atomic E-state index is 11.9. The molecule has 1 N–H and O–H groups in total. The van der Waals surface area contributed by atoms with Crippen molar-refractivity contribution in [3.8, 4) is 5.69 Å². The van der Waals surface area contributed by atoms with Crippen molar-refractivity contribution in [3.63, 3.8) is 0 Å². The zero-order valence-electron chi connectivity index (χ0n) is 9.21. The molecule has 5 heteroatoms. The van der Waals surface area contributed by atoms with Crippen LogP contribution in [0, 0.1) is 6.92 Å². The fourth-order valence-corrected chi connectivity index (χ4v) is 1.81. The predicted octanol–water partition coefficient (Wildman–Crippen LogP) is 1.42. The lowest BCUT2D eigenvalue weighted by Crippen LogP contribution is -2.15. The van der Waals surface area contributed by atoms with Crippen molar-refractivity contribution in [1.82, 2.24) is 19.5 Å². The zero-order chi connectivity index (χ0) is 11.8. The lowest BCUT2D eigenvalue weighted by Gasteiger charge is -2.01. The van der Waals surface area contributed by atoms with Crippen molar-refractivity contribution in [3.05, 3.63) is 53.0 Å². The standard InChI is InChI=1S/C12H10N4O/c1-8-13-6-9(7-14-8)16-11-5-3-2-4-10(11)15-12(16)17/h2-7H,1H3,(H,15,17). The van der Waals surface area contributed by atoms with Crippen LogP contribution in [-0.2, 0) is 0 Å². The van der Waals surface area contributed by atoms with E-state index in [0.717, 1.165) is 11.0 Å². The van der Waals surface area contributed by atoms with Crippen LogP contribution in [0.4, 0.5) is 0 Å². The van der Waals surface area contributed by atoms with Gasteiger partial charge in [-0.2, -0.15) is 0 Å². The van der Waals surface area contributed by atoms with Crippen LogP contribution in [0.3, 0.4) is 0 Å². The van der Waals surface area contributed by atoms with E-state index in [2.05, 4.69) is 15.0 Å². The SMILES string of the molecule is Cc1ncc(-n2c(=O)[nH]c3ccccc32)cn1. The number of benzene rings is 1. The molecular weight excluding hydrogens is 216 g/mol. The highest BCUT2D eigenvalue weighted by Crippen LogP contribution is 2.13. The molecule has 3 rings (SSSR count). The summed E-state index contributed by atoms with van der Waals surface area (Å²) in [4.78, 5) is 22.9. The molecule has 5 nitrogen and oxygen atoms in total. The van der Waals surface area contributed by atoms with E-state index < -0.39 is 0 Å². The minimum absolute atomic E-state index is 0.182. The molecule has 0 aliphatic heterocycles. The quantitative estimate of drug-likeness (QED) is 0.682. The van der Waals surface area contributed by atoms with Gasteiger partial charge in [0.15, 0.2) is 0 Å². The average Bonchev–Trinajstić information content (AvgIpc) is 2.66. The van der Waals surface area contributed by atoms with E-state index >= 15 is 0 Å². The molecule has 0 unspecified atom stereocenters. The van der Waals surface area contributed by atoms with Crippen LogP contribution in [0.5, 0.6) is 0 Å². The second kappa shape index (κ2) is 3.55. The number of rotatable bonds is 1. The topological polar surface area (TPSA) is 63.6 Å². The van der Waals surface area contributed by atoms with E-state index in [9.17, 15) is 4.79 Å². The van der Waals surface area contributed by atoms with E-state index in [-0.39, 0.29) is 5.69 Å². The van der Waals surface area contributed by atoms with Gasteiger partial charge in [0.25, 0.3) is 0 Å². The summed E-state index contributed by atoms with van der Waals surface area (Å²) < 4.78 is 1.56. The number of hydrogen-bond donors (Lipinski definition) is 1. The van der Waals surface area contributed by atoms with Gasteiger partial charge in [-0.25, -0.2) is 14.8 Å². The van der Waals surface area contributed by atoms with Crippen molar-refractivity contribution in [2.45, 2.75) is 6.92 Å². The fraction of sp³-hybridized carbons (Fsp3) is 0.0833. The highest BCUT2D eigenvalue weighted by molar-refractivity contribution is 5.76. The highest BCUT2D eigenvalue weighted by atomic mass is 16.1. The van der Waals surface area contributed by atoms with Crippen molar-refractivity contribution >= 4 is 11.0 Å². The molecule has 0 saturated carbocycles. The number of nitrogens with one attached hydrogen (secondary N) is 1. The van der Waals surface area contributed by atoms with Crippen molar-refractivity contribution in [1.29, 1.82) is 0 Å². The number of hydrogen-bond acceptors (Lipinski definition) is 3. The predicted molar refractivity (Wildman–Crippen MR) is 64.2 cm³/mol. The van der Waals surface area contributed by atoms with Gasteiger partial charge in [-0.1, -0.05) is 12.1 Å². The summed E-state index contributed by atoms with van der Waals surface area (Å²) in [5.74, 6) is 0.682. The molecule has 3 aromatic rings. The number of nitrogens with zero attached hydrogens (tertiary/aromatic N) is 3. The second-order valence-electron chi connectivity index (χ2n) is 3.77. The number of imidazole rings is 1. The summed E-state index contributed by atoms with van der Waals surface area (Å²) in [7, 11) is 0. The molecule has 0 bridgehead atoms. The molecular formula is C12H10N4O. The molecule has 0 amide bonds. The first-order chi connectivity index (χ1) is 8.25. The minimum atomic E-state index is -0.182. The molecule has 2 aromatic heterocycles. The first kappa shape index (κ1) is 9.77. The second-order valence-corrected chi connectivity index (χ2v) is 3.77. The van der Waals surface area contributed by atoms with E-state index in [1.807, 2.05) is 31.2 Å². The van der Waals surface area contributed by atoms with Crippen molar-refractivity contribution in [2.75, 3.05) is 0 Å². The summed E-state index contributed by atoms with van der Waals surface area (Å²) in [6.07, 6.45) is 3.29. The lowest BCUT2D eigenvalue weighted by molar-refractivity contribution is 0.956. The Balaban J connectivity index is 2.33. The molecule has 0 spiro atoms. The van der Waals surface area contributed by atoms with Crippen LogP contribution in [0.15, 0.2) is 41.5 Å². The molecule has 0 aliphatic rings. The third-order valence-corrected chi connectivity index (χ3v) is 2.62. The minimum Gasteiger partial charge on any atom is -0.305 e. The Bertz CT molecular complexity index is 724. The Kier molecular flexibility index (Phi) is 2.04. The van der Waals surface area contributed by atoms with Gasteiger partial charge in [0.1, 0.15) is 5.82 Å². The number of aromatic amines is 1. The maximum absolute atomic E-state index is 11.9. The van der Waals surface area contributed by atoms with Crippen LogP contribution in [0.25, 0.3) is 16.7 Å². The molecule has 1 aromatic carbocycles. The van der Waals surface area contributed by atoms with Crippen LogP contribution in [0.2, 0.25) is 0 Å². The third kappa shape index (κ3) is 1.52. The molecule has 0 saturated heterocycles. The summed E-state index contributed by atoms with van der Waals surface area (Å²) in [5, 5.41) is 0. The summed E-state index contributed by atoms with van der Waals surface area (Å²) in [6, 6.07) is 7.52. The van der Waals surface area contributed by atoms with Crippen LogP contribution >= 0.6 is 0 Å². The van der Waals surface area contributed by atoms with Gasteiger partial charge in [0, 0.05) is 0 Å². The Morgan fingerprint density at radius 1 is 1.18 bits per heavy atom. The van der Waals surface area contributed by atoms with Crippen LogP contribution in [0.1, 0.15) is 5.82 Å². The maximum Gasteiger partial charge on any atom is 0.331 e. The normalized spacial score (nSPS) is 10.9. The van der Waals surface area contributed by atoms with E-state index in [0.29, 0.717) is 11.5 Å². The number of aryl methyl sites for hydroxylation is 1. The highest BCUT2D eigenvalue weighted by Gasteiger charge is 2.08. The number of aromatic nitrogens is 4. The van der Waals surface area contributed by atoms with Gasteiger partial charge in [-0.05, 0) is 19.1 Å². The average molecular weight is 226 g/mol. The van der Waals surface area contributed by atoms with Gasteiger partial charge in [0.2, 0.25) is 0 Å². The first-order valence-electron chi connectivity index (χ1n) is 5.24. The molecule has 0 fully saturated rings. The monoisotopic (exact) mass is 226 g/mol. The Morgan fingerprint density at radius 2 is 1.88 bits per heavy atom. The first-order valence-corrected chi connectivity index (χ1v) is 5.24. The lowest BCUT2D eigenvalue weighted by atomic mass is 10.3.